The lowest BCUT2D eigenvalue weighted by Crippen LogP contribution is -2.31. The summed E-state index contributed by atoms with van der Waals surface area (Å²) in [5, 5.41) is 9.20. The first-order valence-electron chi connectivity index (χ1n) is 6.59. The van der Waals surface area contributed by atoms with E-state index in [4.69, 9.17) is 17.4 Å². The largest absolute Gasteiger partial charge is 0.271 e. The summed E-state index contributed by atoms with van der Waals surface area (Å²) in [5.74, 6) is 5.78. The van der Waals surface area contributed by atoms with Gasteiger partial charge in [-0.15, -0.1) is 0 Å². The van der Waals surface area contributed by atoms with Gasteiger partial charge in [0.15, 0.2) is 0 Å². The van der Waals surface area contributed by atoms with Gasteiger partial charge in [-0.2, -0.15) is 10.2 Å². The molecule has 0 aliphatic rings. The minimum absolute atomic E-state index is 0.170. The molecule has 0 saturated heterocycles. The predicted molar refractivity (Wildman–Crippen MR) is 79.8 cm³/mol. The molecule has 7 nitrogen and oxygen atoms in total. The van der Waals surface area contributed by atoms with E-state index in [9.17, 15) is 0 Å². The predicted octanol–water partition coefficient (Wildman–Crippen LogP) is 1.71. The Morgan fingerprint density at radius 3 is 2.76 bits per heavy atom. The Labute approximate surface area is 126 Å². The Bertz CT molecular complexity index is 761. The van der Waals surface area contributed by atoms with E-state index in [2.05, 4.69) is 20.6 Å². The zero-order valence-corrected chi connectivity index (χ0v) is 12.5. The number of nitrogens with two attached hydrogens (primary N) is 1. The van der Waals surface area contributed by atoms with Gasteiger partial charge in [0.05, 0.1) is 40.9 Å². The Balaban J connectivity index is 2.17. The number of fused-ring (bicyclic) bond motifs is 1. The van der Waals surface area contributed by atoms with Crippen molar-refractivity contribution in [3.05, 3.63) is 47.3 Å². The van der Waals surface area contributed by atoms with E-state index in [0.717, 1.165) is 16.8 Å². The number of hydrazine groups is 1. The maximum absolute atomic E-state index is 6.31. The fourth-order valence-corrected chi connectivity index (χ4v) is 2.66. The third kappa shape index (κ3) is 2.29. The van der Waals surface area contributed by atoms with Crippen LogP contribution in [0.15, 0.2) is 31.0 Å². The second-order valence-electron chi connectivity index (χ2n) is 5.02. The highest BCUT2D eigenvalue weighted by molar-refractivity contribution is 6.31. The summed E-state index contributed by atoms with van der Waals surface area (Å²) in [6.07, 6.45) is 8.60. The molecule has 0 aromatic carbocycles. The third-order valence-electron chi connectivity index (χ3n) is 3.38. The number of rotatable bonds is 4. The van der Waals surface area contributed by atoms with E-state index < -0.39 is 0 Å². The summed E-state index contributed by atoms with van der Waals surface area (Å²) in [7, 11) is 0. The fourth-order valence-electron chi connectivity index (χ4n) is 2.42. The van der Waals surface area contributed by atoms with Crippen LogP contribution in [-0.2, 0) is 0 Å². The molecule has 21 heavy (non-hydrogen) atoms. The summed E-state index contributed by atoms with van der Waals surface area (Å²) in [5.41, 5.74) is 5.39. The average Bonchev–Trinajstić information content (AvgIpc) is 3.06. The molecule has 0 saturated carbocycles. The van der Waals surface area contributed by atoms with Crippen molar-refractivity contribution < 1.29 is 0 Å². The molecule has 0 bridgehead atoms. The molecule has 1 atom stereocenters. The first kappa shape index (κ1) is 14.0. The molecule has 0 aliphatic heterocycles. The highest BCUT2D eigenvalue weighted by atomic mass is 35.5. The molecule has 0 amide bonds. The van der Waals surface area contributed by atoms with Crippen molar-refractivity contribution >= 4 is 17.1 Å². The summed E-state index contributed by atoms with van der Waals surface area (Å²) in [6.45, 7) is 4.08. The zero-order chi connectivity index (χ0) is 15.0. The van der Waals surface area contributed by atoms with Crippen LogP contribution >= 0.6 is 11.6 Å². The number of aromatic nitrogens is 5. The lowest BCUT2D eigenvalue weighted by Gasteiger charge is -2.19. The van der Waals surface area contributed by atoms with Crippen LogP contribution in [0.2, 0.25) is 5.02 Å². The molecule has 0 spiro atoms. The summed E-state index contributed by atoms with van der Waals surface area (Å²) in [4.78, 5) is 4.14. The molecule has 3 heterocycles. The van der Waals surface area contributed by atoms with E-state index in [1.165, 1.54) is 0 Å². The van der Waals surface area contributed by atoms with Gasteiger partial charge in [0.25, 0.3) is 0 Å². The molecule has 3 rings (SSSR count). The second-order valence-corrected chi connectivity index (χ2v) is 5.43. The van der Waals surface area contributed by atoms with E-state index in [0.29, 0.717) is 5.02 Å². The molecule has 0 aliphatic carbocycles. The molecule has 3 aromatic rings. The highest BCUT2D eigenvalue weighted by Crippen LogP contribution is 2.31. The smallest absolute Gasteiger partial charge is 0.0930 e. The van der Waals surface area contributed by atoms with Gasteiger partial charge in [0, 0.05) is 24.0 Å². The van der Waals surface area contributed by atoms with Crippen molar-refractivity contribution in [2.75, 3.05) is 0 Å². The van der Waals surface area contributed by atoms with Crippen molar-refractivity contribution in [3.63, 3.8) is 0 Å². The molecule has 110 valence electrons. The maximum atomic E-state index is 6.31. The van der Waals surface area contributed by atoms with Crippen LogP contribution in [-0.4, -0.2) is 24.4 Å². The average molecular weight is 306 g/mol. The van der Waals surface area contributed by atoms with Gasteiger partial charge >= 0.3 is 0 Å². The Morgan fingerprint density at radius 2 is 2.05 bits per heavy atom. The first-order chi connectivity index (χ1) is 10.1. The molecule has 8 heteroatoms. The van der Waals surface area contributed by atoms with Crippen molar-refractivity contribution in [2.24, 2.45) is 5.84 Å². The van der Waals surface area contributed by atoms with Gasteiger partial charge in [-0.3, -0.25) is 15.5 Å². The molecule has 1 unspecified atom stereocenters. The van der Waals surface area contributed by atoms with Crippen LogP contribution in [0, 0.1) is 0 Å². The van der Waals surface area contributed by atoms with Gasteiger partial charge < -0.3 is 0 Å². The topological polar surface area (TPSA) is 86.1 Å². The third-order valence-corrected chi connectivity index (χ3v) is 3.67. The van der Waals surface area contributed by atoms with Crippen molar-refractivity contribution in [1.82, 2.24) is 29.8 Å². The second kappa shape index (κ2) is 5.44. The van der Waals surface area contributed by atoms with Crippen molar-refractivity contribution in [3.8, 4) is 0 Å². The molecule has 3 aromatic heterocycles. The van der Waals surface area contributed by atoms with Crippen LogP contribution in [0.4, 0.5) is 0 Å². The maximum Gasteiger partial charge on any atom is 0.0930 e. The van der Waals surface area contributed by atoms with E-state index in [1.807, 2.05) is 18.5 Å². The van der Waals surface area contributed by atoms with E-state index in [-0.39, 0.29) is 12.1 Å². The zero-order valence-electron chi connectivity index (χ0n) is 11.7. The molecular weight excluding hydrogens is 290 g/mol. The van der Waals surface area contributed by atoms with Gasteiger partial charge in [0.1, 0.15) is 0 Å². The van der Waals surface area contributed by atoms with Crippen LogP contribution in [0.25, 0.3) is 5.52 Å². The number of halogens is 1. The van der Waals surface area contributed by atoms with Crippen molar-refractivity contribution in [1.29, 1.82) is 0 Å². The van der Waals surface area contributed by atoms with E-state index >= 15 is 0 Å². The standard InChI is InChI=1S/C13H16ClN7/c1-8(2)21-13(10(14)6-18-21)12(19-15)9-5-17-20-4-3-16-7-11(9)20/h3-8,12,19H,15H2,1-2H3. The minimum atomic E-state index is -0.316. The number of nitrogens with zero attached hydrogens (tertiary/aromatic N) is 5. The summed E-state index contributed by atoms with van der Waals surface area (Å²) < 4.78 is 3.60. The van der Waals surface area contributed by atoms with Gasteiger partial charge in [0.2, 0.25) is 0 Å². The minimum Gasteiger partial charge on any atom is -0.271 e. The lowest BCUT2D eigenvalue weighted by atomic mass is 10.1. The van der Waals surface area contributed by atoms with Gasteiger partial charge in [-0.05, 0) is 13.8 Å². The molecular formula is C13H16ClN7. The molecule has 0 fully saturated rings. The normalized spacial score (nSPS) is 13.2. The van der Waals surface area contributed by atoms with Gasteiger partial charge in [-0.1, -0.05) is 11.6 Å². The van der Waals surface area contributed by atoms with Crippen LogP contribution < -0.4 is 11.3 Å². The fraction of sp³-hybridized carbons (Fsp3) is 0.308. The number of hydrogen-bond donors (Lipinski definition) is 2. The summed E-state index contributed by atoms with van der Waals surface area (Å²) >= 11 is 6.31. The Hall–Kier alpha value is -1.96. The molecule has 0 radical (unpaired) electrons. The Kier molecular flexibility index (Phi) is 3.62. The number of hydrogen-bond acceptors (Lipinski definition) is 5. The lowest BCUT2D eigenvalue weighted by molar-refractivity contribution is 0.477. The van der Waals surface area contributed by atoms with Crippen LogP contribution in [0.3, 0.4) is 0 Å². The van der Waals surface area contributed by atoms with Crippen molar-refractivity contribution in [2.45, 2.75) is 25.9 Å². The molecule has 3 N–H and O–H groups in total. The first-order valence-corrected chi connectivity index (χ1v) is 6.97. The Morgan fingerprint density at radius 1 is 1.24 bits per heavy atom. The van der Waals surface area contributed by atoms with Gasteiger partial charge in [-0.25, -0.2) is 9.94 Å². The van der Waals surface area contributed by atoms with E-state index in [1.54, 1.807) is 35.5 Å². The monoisotopic (exact) mass is 305 g/mol. The quantitative estimate of drug-likeness (QED) is 0.566. The van der Waals surface area contributed by atoms with Crippen LogP contribution in [0.5, 0.6) is 0 Å². The summed E-state index contributed by atoms with van der Waals surface area (Å²) in [6, 6.07) is -0.146. The van der Waals surface area contributed by atoms with Crippen LogP contribution in [0.1, 0.15) is 37.2 Å². The SMILES string of the molecule is CC(C)n1ncc(Cl)c1C(NN)c1cnn2ccncc12. The highest BCUT2D eigenvalue weighted by Gasteiger charge is 2.25. The number of nitrogens with one attached hydrogen (secondary N) is 1.